The quantitative estimate of drug-likeness (QED) is 0.779. The van der Waals surface area contributed by atoms with Crippen LogP contribution in [0.1, 0.15) is 5.56 Å². The van der Waals surface area contributed by atoms with E-state index in [1.165, 1.54) is 0 Å². The summed E-state index contributed by atoms with van der Waals surface area (Å²) < 4.78 is 9.67. The van der Waals surface area contributed by atoms with Crippen molar-refractivity contribution in [3.05, 3.63) is 60.2 Å². The third-order valence-electron chi connectivity index (χ3n) is 3.10. The molecule has 0 bridgehead atoms. The number of carbonyl (C=O) groups is 1. The van der Waals surface area contributed by atoms with E-state index in [2.05, 4.69) is 14.7 Å². The van der Waals surface area contributed by atoms with Crippen LogP contribution in [0.2, 0.25) is 0 Å². The molecular formula is C17H15N3O2S. The fraction of sp³-hybridized carbons (Fsp3) is 0.118. The van der Waals surface area contributed by atoms with E-state index in [0.717, 1.165) is 22.7 Å². The Bertz CT molecular complexity index is 785. The minimum Gasteiger partial charge on any atom is -0.484 e. The number of rotatable bonds is 5. The number of nitrogens with one attached hydrogen (secondary N) is 1. The predicted octanol–water partition coefficient (Wildman–Crippen LogP) is 3.53. The van der Waals surface area contributed by atoms with Crippen LogP contribution in [0.5, 0.6) is 5.75 Å². The van der Waals surface area contributed by atoms with Gasteiger partial charge in [0.05, 0.1) is 0 Å². The number of anilines is 1. The van der Waals surface area contributed by atoms with Gasteiger partial charge in [0.25, 0.3) is 5.91 Å². The molecule has 116 valence electrons. The number of hydrogen-bond donors (Lipinski definition) is 1. The molecule has 1 heterocycles. The molecule has 1 amide bonds. The summed E-state index contributed by atoms with van der Waals surface area (Å²) in [6.07, 6.45) is 0. The minimum absolute atomic E-state index is 0.0662. The highest BCUT2D eigenvalue weighted by Crippen LogP contribution is 2.20. The number of benzene rings is 2. The lowest BCUT2D eigenvalue weighted by Crippen LogP contribution is -2.20. The Morgan fingerprint density at radius 3 is 2.61 bits per heavy atom. The van der Waals surface area contributed by atoms with Gasteiger partial charge in [-0.2, -0.15) is 9.36 Å². The molecule has 0 unspecified atom stereocenters. The maximum atomic E-state index is 11.9. The maximum absolute atomic E-state index is 11.9. The third-order valence-corrected chi connectivity index (χ3v) is 3.73. The first-order chi connectivity index (χ1) is 11.2. The molecule has 0 aliphatic carbocycles. The average Bonchev–Trinajstić information content (AvgIpc) is 3.04. The number of aryl methyl sites for hydroxylation is 1. The SMILES string of the molecule is Cc1ccc(OCC(=O)Nc2nc(-c3ccccc3)ns2)cc1. The Morgan fingerprint density at radius 2 is 1.87 bits per heavy atom. The van der Waals surface area contributed by atoms with Crippen LogP contribution in [0.4, 0.5) is 5.13 Å². The van der Waals surface area contributed by atoms with E-state index >= 15 is 0 Å². The summed E-state index contributed by atoms with van der Waals surface area (Å²) in [4.78, 5) is 16.2. The Kier molecular flexibility index (Phi) is 4.63. The van der Waals surface area contributed by atoms with Gasteiger partial charge in [0, 0.05) is 17.1 Å². The van der Waals surface area contributed by atoms with Crippen LogP contribution < -0.4 is 10.1 Å². The van der Waals surface area contributed by atoms with Gasteiger partial charge in [0.2, 0.25) is 5.13 Å². The van der Waals surface area contributed by atoms with E-state index in [-0.39, 0.29) is 12.5 Å². The van der Waals surface area contributed by atoms with Gasteiger partial charge < -0.3 is 4.74 Å². The molecule has 3 aromatic rings. The van der Waals surface area contributed by atoms with Gasteiger partial charge in [-0.25, -0.2) is 0 Å². The number of nitrogens with zero attached hydrogens (tertiary/aromatic N) is 2. The lowest BCUT2D eigenvalue weighted by Gasteiger charge is -2.05. The molecule has 5 nitrogen and oxygen atoms in total. The van der Waals surface area contributed by atoms with E-state index in [9.17, 15) is 4.79 Å². The first-order valence-electron chi connectivity index (χ1n) is 7.09. The largest absolute Gasteiger partial charge is 0.484 e. The van der Waals surface area contributed by atoms with Gasteiger partial charge in [-0.15, -0.1) is 0 Å². The van der Waals surface area contributed by atoms with Gasteiger partial charge in [-0.05, 0) is 19.1 Å². The average molecular weight is 325 g/mol. The molecule has 6 heteroatoms. The van der Waals surface area contributed by atoms with Crippen molar-refractivity contribution in [1.29, 1.82) is 0 Å². The van der Waals surface area contributed by atoms with Crippen molar-refractivity contribution in [2.45, 2.75) is 6.92 Å². The molecule has 0 radical (unpaired) electrons. The molecule has 0 fully saturated rings. The van der Waals surface area contributed by atoms with Crippen LogP contribution in [0.3, 0.4) is 0 Å². The summed E-state index contributed by atoms with van der Waals surface area (Å²) in [5.41, 5.74) is 2.06. The number of carbonyl (C=O) groups excluding carboxylic acids is 1. The second-order valence-corrected chi connectivity index (χ2v) is 5.69. The summed E-state index contributed by atoms with van der Waals surface area (Å²) in [6, 6.07) is 17.2. The zero-order valence-electron chi connectivity index (χ0n) is 12.5. The van der Waals surface area contributed by atoms with Crippen molar-refractivity contribution in [1.82, 2.24) is 9.36 Å². The Hall–Kier alpha value is -2.73. The number of ether oxygens (including phenoxy) is 1. The normalized spacial score (nSPS) is 10.3. The van der Waals surface area contributed by atoms with Crippen LogP contribution in [-0.2, 0) is 4.79 Å². The first kappa shape index (κ1) is 15.2. The van der Waals surface area contributed by atoms with E-state index in [0.29, 0.717) is 16.7 Å². The van der Waals surface area contributed by atoms with Gasteiger partial charge in [-0.1, -0.05) is 48.0 Å². The van der Waals surface area contributed by atoms with Crippen molar-refractivity contribution in [3.63, 3.8) is 0 Å². The Balaban J connectivity index is 1.56. The maximum Gasteiger partial charge on any atom is 0.264 e. The predicted molar refractivity (Wildman–Crippen MR) is 90.6 cm³/mol. The van der Waals surface area contributed by atoms with Crippen molar-refractivity contribution in [3.8, 4) is 17.1 Å². The minimum atomic E-state index is -0.263. The van der Waals surface area contributed by atoms with E-state index in [1.54, 1.807) is 0 Å². The molecule has 3 rings (SSSR count). The Labute approximate surface area is 138 Å². The lowest BCUT2D eigenvalue weighted by molar-refractivity contribution is -0.118. The highest BCUT2D eigenvalue weighted by molar-refractivity contribution is 7.10. The van der Waals surface area contributed by atoms with Gasteiger partial charge in [0.1, 0.15) is 5.75 Å². The van der Waals surface area contributed by atoms with Crippen molar-refractivity contribution >= 4 is 22.6 Å². The van der Waals surface area contributed by atoms with E-state index in [4.69, 9.17) is 4.74 Å². The van der Waals surface area contributed by atoms with Crippen LogP contribution in [0.25, 0.3) is 11.4 Å². The second-order valence-electron chi connectivity index (χ2n) is 4.94. The number of amides is 1. The molecule has 0 aliphatic heterocycles. The molecule has 0 saturated heterocycles. The van der Waals surface area contributed by atoms with Gasteiger partial charge in [0.15, 0.2) is 12.4 Å². The Morgan fingerprint density at radius 1 is 1.13 bits per heavy atom. The smallest absolute Gasteiger partial charge is 0.264 e. The van der Waals surface area contributed by atoms with Gasteiger partial charge >= 0.3 is 0 Å². The number of hydrogen-bond acceptors (Lipinski definition) is 5. The topological polar surface area (TPSA) is 64.1 Å². The van der Waals surface area contributed by atoms with Gasteiger partial charge in [-0.3, -0.25) is 10.1 Å². The molecule has 2 aromatic carbocycles. The summed E-state index contributed by atoms with van der Waals surface area (Å²) >= 11 is 1.15. The summed E-state index contributed by atoms with van der Waals surface area (Å²) in [6.45, 7) is 1.93. The highest BCUT2D eigenvalue weighted by atomic mass is 32.1. The zero-order valence-corrected chi connectivity index (χ0v) is 13.3. The summed E-state index contributed by atoms with van der Waals surface area (Å²) in [7, 11) is 0. The summed E-state index contributed by atoms with van der Waals surface area (Å²) in [5, 5.41) is 3.15. The second kappa shape index (κ2) is 7.02. The van der Waals surface area contributed by atoms with Crippen LogP contribution in [0, 0.1) is 6.92 Å². The van der Waals surface area contributed by atoms with Crippen LogP contribution in [-0.4, -0.2) is 21.9 Å². The lowest BCUT2D eigenvalue weighted by atomic mass is 10.2. The third kappa shape index (κ3) is 4.14. The molecule has 0 spiro atoms. The highest BCUT2D eigenvalue weighted by Gasteiger charge is 2.10. The monoisotopic (exact) mass is 325 g/mol. The molecule has 23 heavy (non-hydrogen) atoms. The van der Waals surface area contributed by atoms with E-state index in [1.807, 2.05) is 61.5 Å². The molecule has 0 aliphatic rings. The summed E-state index contributed by atoms with van der Waals surface area (Å²) in [5.74, 6) is 1.000. The first-order valence-corrected chi connectivity index (χ1v) is 7.86. The molecule has 1 N–H and O–H groups in total. The fourth-order valence-electron chi connectivity index (χ4n) is 1.92. The van der Waals surface area contributed by atoms with Crippen molar-refractivity contribution < 1.29 is 9.53 Å². The van der Waals surface area contributed by atoms with E-state index < -0.39 is 0 Å². The fourth-order valence-corrected chi connectivity index (χ4v) is 2.52. The zero-order chi connectivity index (χ0) is 16.1. The molecule has 1 aromatic heterocycles. The van der Waals surface area contributed by atoms with Crippen LogP contribution >= 0.6 is 11.5 Å². The molecule has 0 atom stereocenters. The van der Waals surface area contributed by atoms with Crippen molar-refractivity contribution in [2.75, 3.05) is 11.9 Å². The standard InChI is InChI=1S/C17H15N3O2S/c1-12-7-9-14(10-8-12)22-11-15(21)18-17-19-16(20-23-17)13-5-3-2-4-6-13/h2-10H,11H2,1H3,(H,18,19,20,21). The van der Waals surface area contributed by atoms with Crippen molar-refractivity contribution in [2.24, 2.45) is 0 Å². The molecule has 0 saturated carbocycles. The number of aromatic nitrogens is 2. The van der Waals surface area contributed by atoms with Crippen LogP contribution in [0.15, 0.2) is 54.6 Å². The molecular weight excluding hydrogens is 310 g/mol.